The van der Waals surface area contributed by atoms with E-state index >= 15 is 0 Å². The summed E-state index contributed by atoms with van der Waals surface area (Å²) in [7, 11) is 3.47. The predicted molar refractivity (Wildman–Crippen MR) is 74.1 cm³/mol. The zero-order valence-corrected chi connectivity index (χ0v) is 11.8. The lowest BCUT2D eigenvalue weighted by Gasteiger charge is -2.11. The summed E-state index contributed by atoms with van der Waals surface area (Å²) in [6.07, 6.45) is 1.53. The summed E-state index contributed by atoms with van der Waals surface area (Å²) in [5.41, 5.74) is 1.18. The normalized spacial score (nSPS) is 10.7. The van der Waals surface area contributed by atoms with Crippen molar-refractivity contribution in [3.63, 3.8) is 0 Å². The van der Waals surface area contributed by atoms with Crippen LogP contribution < -0.4 is 5.32 Å². The van der Waals surface area contributed by atoms with Crippen molar-refractivity contribution in [3.05, 3.63) is 16.8 Å². The van der Waals surface area contributed by atoms with Gasteiger partial charge < -0.3 is 10.2 Å². The quantitative estimate of drug-likeness (QED) is 0.918. The van der Waals surface area contributed by atoms with Crippen LogP contribution in [0.1, 0.15) is 10.4 Å². The van der Waals surface area contributed by atoms with Crippen LogP contribution in [0.15, 0.2) is 6.33 Å². The number of hydrogen-bond donors (Lipinski definition) is 1. The summed E-state index contributed by atoms with van der Waals surface area (Å²) < 4.78 is 0. The number of aromatic nitrogens is 2. The maximum atomic E-state index is 11.6. The Bertz CT molecular complexity index is 591. The van der Waals surface area contributed by atoms with Crippen LogP contribution in [0.25, 0.3) is 10.2 Å². The Hall–Kier alpha value is -1.69. The first-order chi connectivity index (χ1) is 8.50. The summed E-state index contributed by atoms with van der Waals surface area (Å²) in [5.74, 6) is 0.753. The Kier molecular flexibility index (Phi) is 3.47. The molecule has 2 rings (SSSR count). The van der Waals surface area contributed by atoms with Crippen LogP contribution in [0, 0.1) is 13.8 Å². The van der Waals surface area contributed by atoms with Gasteiger partial charge in [-0.3, -0.25) is 4.79 Å². The number of thiophene rings is 1. The van der Waals surface area contributed by atoms with E-state index in [1.54, 1.807) is 30.3 Å². The van der Waals surface area contributed by atoms with Crippen molar-refractivity contribution in [2.24, 2.45) is 0 Å². The summed E-state index contributed by atoms with van der Waals surface area (Å²) in [4.78, 5) is 23.8. The molecule has 0 bridgehead atoms. The van der Waals surface area contributed by atoms with Gasteiger partial charge in [-0.1, -0.05) is 0 Å². The fraction of sp³-hybridized carbons (Fsp3) is 0.417. The topological polar surface area (TPSA) is 58.1 Å². The fourth-order valence-corrected chi connectivity index (χ4v) is 2.63. The van der Waals surface area contributed by atoms with Crippen LogP contribution in [0.4, 0.5) is 5.82 Å². The monoisotopic (exact) mass is 264 g/mol. The first-order valence-corrected chi connectivity index (χ1v) is 6.47. The van der Waals surface area contributed by atoms with Gasteiger partial charge in [0, 0.05) is 19.0 Å². The molecule has 2 aromatic heterocycles. The van der Waals surface area contributed by atoms with E-state index in [4.69, 9.17) is 0 Å². The van der Waals surface area contributed by atoms with Crippen molar-refractivity contribution < 1.29 is 4.79 Å². The minimum Gasteiger partial charge on any atom is -0.360 e. The maximum absolute atomic E-state index is 11.6. The summed E-state index contributed by atoms with van der Waals surface area (Å²) in [6, 6.07) is 0. The molecular weight excluding hydrogens is 248 g/mol. The molecule has 0 radical (unpaired) electrons. The molecule has 0 aliphatic carbocycles. The molecule has 0 saturated carbocycles. The smallest absolute Gasteiger partial charge is 0.241 e. The number of hydrogen-bond acceptors (Lipinski definition) is 5. The highest BCUT2D eigenvalue weighted by Gasteiger charge is 2.12. The van der Waals surface area contributed by atoms with E-state index in [2.05, 4.69) is 29.1 Å². The average molecular weight is 264 g/mol. The molecule has 2 aromatic rings. The number of nitrogens with zero attached hydrogens (tertiary/aromatic N) is 3. The van der Waals surface area contributed by atoms with Crippen LogP contribution >= 0.6 is 11.3 Å². The van der Waals surface area contributed by atoms with Crippen LogP contribution in [0.3, 0.4) is 0 Å². The largest absolute Gasteiger partial charge is 0.360 e. The first-order valence-electron chi connectivity index (χ1n) is 5.65. The van der Waals surface area contributed by atoms with E-state index in [-0.39, 0.29) is 12.5 Å². The zero-order valence-electron chi connectivity index (χ0n) is 10.9. The minimum atomic E-state index is 0.0198. The van der Waals surface area contributed by atoms with Crippen molar-refractivity contribution in [2.75, 3.05) is 26.0 Å². The fourth-order valence-electron chi connectivity index (χ4n) is 1.63. The Morgan fingerprint density at radius 3 is 2.78 bits per heavy atom. The van der Waals surface area contributed by atoms with Crippen molar-refractivity contribution in [1.82, 2.24) is 14.9 Å². The predicted octanol–water partition coefficient (Wildman–Crippen LogP) is 1.81. The number of rotatable bonds is 3. The molecule has 1 N–H and O–H groups in total. The third-order valence-electron chi connectivity index (χ3n) is 2.87. The summed E-state index contributed by atoms with van der Waals surface area (Å²) >= 11 is 1.65. The number of anilines is 1. The number of nitrogens with one attached hydrogen (secondary N) is 1. The Morgan fingerprint density at radius 2 is 2.11 bits per heavy atom. The number of likely N-dealkylation sites (N-methyl/N-ethyl adjacent to an activating group) is 1. The van der Waals surface area contributed by atoms with Crippen molar-refractivity contribution in [1.29, 1.82) is 0 Å². The molecule has 0 aliphatic heterocycles. The zero-order chi connectivity index (χ0) is 13.3. The number of amides is 1. The van der Waals surface area contributed by atoms with Crippen LogP contribution in [0.5, 0.6) is 0 Å². The minimum absolute atomic E-state index is 0.0198. The van der Waals surface area contributed by atoms with Gasteiger partial charge in [0.05, 0.1) is 11.9 Å². The average Bonchev–Trinajstić information content (AvgIpc) is 2.62. The second kappa shape index (κ2) is 4.89. The molecule has 0 aliphatic rings. The highest BCUT2D eigenvalue weighted by Crippen LogP contribution is 2.32. The number of aryl methyl sites for hydroxylation is 2. The van der Waals surface area contributed by atoms with Crippen molar-refractivity contribution in [3.8, 4) is 0 Å². The lowest BCUT2D eigenvalue weighted by Crippen LogP contribution is -2.28. The second-order valence-electron chi connectivity index (χ2n) is 4.33. The molecule has 6 heteroatoms. The SMILES string of the molecule is Cc1sc2ncnc(NCC(=O)N(C)C)c2c1C. The van der Waals surface area contributed by atoms with Crippen LogP contribution in [-0.4, -0.2) is 41.4 Å². The third kappa shape index (κ3) is 2.28. The molecule has 2 heterocycles. The van der Waals surface area contributed by atoms with Crippen LogP contribution in [0.2, 0.25) is 0 Å². The second-order valence-corrected chi connectivity index (χ2v) is 5.53. The van der Waals surface area contributed by atoms with Gasteiger partial charge >= 0.3 is 0 Å². The Labute approximate surface area is 110 Å². The molecule has 0 spiro atoms. The number of fused-ring (bicyclic) bond motifs is 1. The van der Waals surface area contributed by atoms with E-state index in [1.807, 2.05) is 0 Å². The molecule has 18 heavy (non-hydrogen) atoms. The lowest BCUT2D eigenvalue weighted by molar-refractivity contribution is -0.126. The van der Waals surface area contributed by atoms with Gasteiger partial charge in [-0.15, -0.1) is 11.3 Å². The number of carbonyl (C=O) groups is 1. The van der Waals surface area contributed by atoms with E-state index in [9.17, 15) is 4.79 Å². The number of carbonyl (C=O) groups excluding carboxylic acids is 1. The van der Waals surface area contributed by atoms with Gasteiger partial charge in [-0.2, -0.15) is 0 Å². The molecule has 1 amide bonds. The highest BCUT2D eigenvalue weighted by atomic mass is 32.1. The Balaban J connectivity index is 2.31. The molecule has 5 nitrogen and oxygen atoms in total. The third-order valence-corrected chi connectivity index (χ3v) is 3.99. The van der Waals surface area contributed by atoms with E-state index in [0.29, 0.717) is 0 Å². The van der Waals surface area contributed by atoms with Gasteiger partial charge in [-0.25, -0.2) is 9.97 Å². The van der Waals surface area contributed by atoms with Crippen molar-refractivity contribution in [2.45, 2.75) is 13.8 Å². The van der Waals surface area contributed by atoms with E-state index < -0.39 is 0 Å². The lowest BCUT2D eigenvalue weighted by atomic mass is 10.2. The van der Waals surface area contributed by atoms with Crippen LogP contribution in [-0.2, 0) is 4.79 Å². The summed E-state index contributed by atoms with van der Waals surface area (Å²) in [5, 5.41) is 4.11. The maximum Gasteiger partial charge on any atom is 0.241 e. The molecule has 0 atom stereocenters. The molecule has 0 saturated heterocycles. The summed E-state index contributed by atoms with van der Waals surface area (Å²) in [6.45, 7) is 4.36. The van der Waals surface area contributed by atoms with Gasteiger partial charge in [-0.05, 0) is 19.4 Å². The van der Waals surface area contributed by atoms with Gasteiger partial charge in [0.1, 0.15) is 17.0 Å². The molecule has 0 unspecified atom stereocenters. The standard InChI is InChI=1S/C12H16N4OS/c1-7-8(2)18-12-10(7)11(14-6-15-12)13-5-9(17)16(3)4/h6H,5H2,1-4H3,(H,13,14,15). The molecular formula is C12H16N4OS. The van der Waals surface area contributed by atoms with Gasteiger partial charge in [0.25, 0.3) is 0 Å². The highest BCUT2D eigenvalue weighted by molar-refractivity contribution is 7.18. The first kappa shape index (κ1) is 12.8. The molecule has 96 valence electrons. The van der Waals surface area contributed by atoms with Gasteiger partial charge in [0.2, 0.25) is 5.91 Å². The Morgan fingerprint density at radius 1 is 1.39 bits per heavy atom. The molecule has 0 fully saturated rings. The van der Waals surface area contributed by atoms with E-state index in [1.165, 1.54) is 16.8 Å². The molecule has 0 aromatic carbocycles. The van der Waals surface area contributed by atoms with Gasteiger partial charge in [0.15, 0.2) is 0 Å². The van der Waals surface area contributed by atoms with E-state index in [0.717, 1.165) is 16.0 Å². The van der Waals surface area contributed by atoms with Crippen molar-refractivity contribution >= 4 is 33.3 Å².